The van der Waals surface area contributed by atoms with Gasteiger partial charge in [-0.25, -0.2) is 0 Å². The van der Waals surface area contributed by atoms with Crippen LogP contribution in [0.2, 0.25) is 0 Å². The molecule has 6 rings (SSSR count). The summed E-state index contributed by atoms with van der Waals surface area (Å²) < 4.78 is 8.53. The number of ether oxygens (including phenoxy) is 1. The van der Waals surface area contributed by atoms with Gasteiger partial charge in [-0.15, -0.1) is 0 Å². The van der Waals surface area contributed by atoms with Gasteiger partial charge in [-0.2, -0.15) is 0 Å². The molecule has 2 aromatic rings. The van der Waals surface area contributed by atoms with Crippen LogP contribution in [0.25, 0.3) is 5.57 Å². The van der Waals surface area contributed by atoms with Crippen LogP contribution in [0.3, 0.4) is 0 Å². The maximum absolute atomic E-state index is 6.27. The Morgan fingerprint density at radius 2 is 1.88 bits per heavy atom. The molecule has 0 fully saturated rings. The molecule has 4 heteroatoms. The van der Waals surface area contributed by atoms with E-state index in [4.69, 9.17) is 4.74 Å². The summed E-state index contributed by atoms with van der Waals surface area (Å²) in [4.78, 5) is 3.71. The maximum Gasteiger partial charge on any atom is 0.135 e. The second-order valence-corrected chi connectivity index (χ2v) is 7.27. The highest BCUT2D eigenvalue weighted by Gasteiger charge is 2.34. The molecular weight excluding hydrogens is 316 g/mol. The average Bonchev–Trinajstić information content (AvgIpc) is 3.24. The summed E-state index contributed by atoms with van der Waals surface area (Å²) in [5.41, 5.74) is 4.91. The summed E-state index contributed by atoms with van der Waals surface area (Å²) in [6, 6.07) is 12.9. The zero-order valence-electron chi connectivity index (χ0n) is 12.9. The molecule has 0 saturated heterocycles. The minimum atomic E-state index is 0.866. The SMILES string of the molecule is C1=C2OC3=CCN4C(=C3C=C2c2cccn2C1)Sc1ccccc14. The predicted molar refractivity (Wildman–Crippen MR) is 96.3 cm³/mol. The number of benzene rings is 1. The molecule has 0 unspecified atom stereocenters. The van der Waals surface area contributed by atoms with Crippen molar-refractivity contribution in [2.75, 3.05) is 11.4 Å². The van der Waals surface area contributed by atoms with Gasteiger partial charge in [-0.3, -0.25) is 0 Å². The first kappa shape index (κ1) is 12.8. The average molecular weight is 330 g/mol. The third kappa shape index (κ3) is 1.59. The first-order valence-electron chi connectivity index (χ1n) is 8.13. The van der Waals surface area contributed by atoms with E-state index < -0.39 is 0 Å². The summed E-state index contributed by atoms with van der Waals surface area (Å²) in [6.07, 6.45) is 8.79. The summed E-state index contributed by atoms with van der Waals surface area (Å²) >= 11 is 1.84. The van der Waals surface area contributed by atoms with E-state index in [1.807, 2.05) is 11.8 Å². The molecule has 0 amide bonds. The van der Waals surface area contributed by atoms with Gasteiger partial charge in [-0.05, 0) is 42.5 Å². The zero-order chi connectivity index (χ0) is 15.7. The molecule has 1 aromatic heterocycles. The van der Waals surface area contributed by atoms with Crippen molar-refractivity contribution in [2.24, 2.45) is 0 Å². The maximum atomic E-state index is 6.27. The number of para-hydroxylation sites is 1. The number of nitrogens with zero attached hydrogens (tertiary/aromatic N) is 2. The molecule has 0 spiro atoms. The van der Waals surface area contributed by atoms with Gasteiger partial charge in [-0.1, -0.05) is 23.9 Å². The van der Waals surface area contributed by atoms with Crippen LogP contribution in [-0.4, -0.2) is 11.1 Å². The number of fused-ring (bicyclic) bond motifs is 7. The first-order chi connectivity index (χ1) is 11.9. The van der Waals surface area contributed by atoms with E-state index in [-0.39, 0.29) is 0 Å². The van der Waals surface area contributed by atoms with E-state index in [0.717, 1.165) is 24.6 Å². The van der Waals surface area contributed by atoms with Gasteiger partial charge in [0, 0.05) is 35.3 Å². The number of hydrogen-bond donors (Lipinski definition) is 0. The van der Waals surface area contributed by atoms with Crippen LogP contribution in [0, 0.1) is 0 Å². The Bertz CT molecular complexity index is 1020. The van der Waals surface area contributed by atoms with E-state index in [0.29, 0.717) is 0 Å². The Hall–Kier alpha value is -2.59. The molecule has 3 nitrogen and oxygen atoms in total. The van der Waals surface area contributed by atoms with Gasteiger partial charge in [0.2, 0.25) is 0 Å². The van der Waals surface area contributed by atoms with E-state index >= 15 is 0 Å². The third-order valence-electron chi connectivity index (χ3n) is 4.92. The first-order valence-corrected chi connectivity index (χ1v) is 8.95. The minimum Gasteiger partial charge on any atom is -0.456 e. The number of rotatable bonds is 0. The summed E-state index contributed by atoms with van der Waals surface area (Å²) in [5.74, 6) is 1.99. The fourth-order valence-corrected chi connectivity index (χ4v) is 4.97. The summed E-state index contributed by atoms with van der Waals surface area (Å²) in [7, 11) is 0. The lowest BCUT2D eigenvalue weighted by Crippen LogP contribution is -2.25. The van der Waals surface area contributed by atoms with Crippen molar-refractivity contribution in [1.29, 1.82) is 0 Å². The lowest BCUT2D eigenvalue weighted by Gasteiger charge is -2.32. The van der Waals surface area contributed by atoms with Crippen LogP contribution >= 0.6 is 11.8 Å². The second-order valence-electron chi connectivity index (χ2n) is 6.24. The summed E-state index contributed by atoms with van der Waals surface area (Å²) in [5, 5.41) is 1.28. The fourth-order valence-electron chi connectivity index (χ4n) is 3.78. The summed E-state index contributed by atoms with van der Waals surface area (Å²) in [6.45, 7) is 1.74. The van der Waals surface area contributed by atoms with Crippen LogP contribution in [0.15, 0.2) is 87.8 Å². The standard InChI is InChI=1S/C20H14N2OS/c1-2-6-19-16(4-1)22-11-8-18-14(20(22)24-19)12-13-15-5-3-9-21(15)10-7-17(13)23-18/h1-9,12H,10-11H2. The number of anilines is 1. The lowest BCUT2D eigenvalue weighted by atomic mass is 9.98. The van der Waals surface area contributed by atoms with Crippen molar-refractivity contribution in [3.63, 3.8) is 0 Å². The van der Waals surface area contributed by atoms with Crippen molar-refractivity contribution in [1.82, 2.24) is 4.57 Å². The molecule has 0 N–H and O–H groups in total. The fraction of sp³-hybridized carbons (Fsp3) is 0.100. The Balaban J connectivity index is 1.56. The zero-order valence-corrected chi connectivity index (χ0v) is 13.7. The van der Waals surface area contributed by atoms with E-state index in [1.54, 1.807) is 0 Å². The Labute approximate surface area is 144 Å². The van der Waals surface area contributed by atoms with Gasteiger partial charge in [0.15, 0.2) is 0 Å². The monoisotopic (exact) mass is 330 g/mol. The quantitative estimate of drug-likeness (QED) is 0.707. The molecule has 0 radical (unpaired) electrons. The van der Waals surface area contributed by atoms with Gasteiger partial charge >= 0.3 is 0 Å². The molecular formula is C20H14N2OS. The van der Waals surface area contributed by atoms with Crippen LogP contribution < -0.4 is 4.90 Å². The van der Waals surface area contributed by atoms with Gasteiger partial charge < -0.3 is 14.2 Å². The lowest BCUT2D eigenvalue weighted by molar-refractivity contribution is 0.322. The Morgan fingerprint density at radius 3 is 2.88 bits per heavy atom. The van der Waals surface area contributed by atoms with E-state index in [9.17, 15) is 0 Å². The second kappa shape index (κ2) is 4.48. The largest absolute Gasteiger partial charge is 0.456 e. The molecule has 0 aliphatic carbocycles. The number of thioether (sulfide) groups is 1. The molecule has 0 atom stereocenters. The highest BCUT2D eigenvalue weighted by atomic mass is 32.2. The van der Waals surface area contributed by atoms with Crippen LogP contribution in [0.1, 0.15) is 5.69 Å². The van der Waals surface area contributed by atoms with Crippen molar-refractivity contribution in [2.45, 2.75) is 11.4 Å². The topological polar surface area (TPSA) is 17.4 Å². The molecule has 4 aliphatic heterocycles. The van der Waals surface area contributed by atoms with Gasteiger partial charge in [0.1, 0.15) is 11.5 Å². The van der Waals surface area contributed by atoms with E-state index in [1.165, 1.54) is 32.5 Å². The number of aromatic nitrogens is 1. The van der Waals surface area contributed by atoms with Crippen LogP contribution in [-0.2, 0) is 11.3 Å². The third-order valence-corrected chi connectivity index (χ3v) is 6.11. The van der Waals surface area contributed by atoms with Crippen molar-refractivity contribution >= 4 is 23.0 Å². The Morgan fingerprint density at radius 1 is 0.958 bits per heavy atom. The minimum absolute atomic E-state index is 0.866. The van der Waals surface area contributed by atoms with Crippen LogP contribution in [0.5, 0.6) is 0 Å². The van der Waals surface area contributed by atoms with Gasteiger partial charge in [0.05, 0.1) is 16.4 Å². The number of hydrogen-bond acceptors (Lipinski definition) is 3. The van der Waals surface area contributed by atoms with E-state index in [2.05, 4.69) is 70.3 Å². The molecule has 1 aromatic carbocycles. The Kier molecular flexibility index (Phi) is 2.39. The molecule has 116 valence electrons. The molecule has 0 bridgehead atoms. The highest BCUT2D eigenvalue weighted by molar-refractivity contribution is 8.03. The normalized spacial score (nSPS) is 20.0. The smallest absolute Gasteiger partial charge is 0.135 e. The molecule has 24 heavy (non-hydrogen) atoms. The predicted octanol–water partition coefficient (Wildman–Crippen LogP) is 4.52. The molecule has 4 aliphatic rings. The van der Waals surface area contributed by atoms with Gasteiger partial charge in [0.25, 0.3) is 0 Å². The molecule has 0 saturated carbocycles. The highest BCUT2D eigenvalue weighted by Crippen LogP contribution is 2.51. The van der Waals surface area contributed by atoms with Crippen LogP contribution in [0.4, 0.5) is 5.69 Å². The van der Waals surface area contributed by atoms with Crippen molar-refractivity contribution in [3.8, 4) is 0 Å². The number of allylic oxidation sites excluding steroid dienone is 3. The molecule has 5 heterocycles. The van der Waals surface area contributed by atoms with Crippen molar-refractivity contribution < 1.29 is 4.74 Å². The van der Waals surface area contributed by atoms with Crippen molar-refractivity contribution in [3.05, 3.63) is 88.6 Å².